The number of benzene rings is 1. The lowest BCUT2D eigenvalue weighted by atomic mass is 9.72. The first-order valence-electron chi connectivity index (χ1n) is 7.43. The number of ketones is 2. The van der Waals surface area contributed by atoms with Crippen LogP contribution in [0.1, 0.15) is 18.9 Å². The zero-order valence-corrected chi connectivity index (χ0v) is 12.5. The molecule has 0 bridgehead atoms. The van der Waals surface area contributed by atoms with Gasteiger partial charge in [-0.05, 0) is 0 Å². The number of rotatable bonds is 1. The molecule has 1 saturated carbocycles. The molecule has 4 N–H and O–H groups in total. The number of phenolic OH excluding ortho intramolecular Hbond substituents is 2. The normalized spacial score (nSPS) is 34.0. The Kier molecular flexibility index (Phi) is 3.77. The van der Waals surface area contributed by atoms with Crippen LogP contribution in [0.5, 0.6) is 17.2 Å². The van der Waals surface area contributed by atoms with Crippen molar-refractivity contribution >= 4 is 11.6 Å². The molecular weight excluding hydrogens is 304 g/mol. The predicted octanol–water partition coefficient (Wildman–Crippen LogP) is -0.0827. The molecule has 0 aromatic heterocycles. The number of hydrogen-bond donors (Lipinski definition) is 4. The number of ether oxygens (including phenoxy) is 1. The fraction of sp³-hybridized carbons (Fsp3) is 0.500. The Hall–Kier alpha value is -2.12. The molecule has 3 rings (SSSR count). The van der Waals surface area contributed by atoms with Crippen molar-refractivity contribution in [2.24, 2.45) is 11.8 Å². The predicted molar refractivity (Wildman–Crippen MR) is 77.2 cm³/mol. The minimum Gasteiger partial charge on any atom is -0.508 e. The summed E-state index contributed by atoms with van der Waals surface area (Å²) >= 11 is 0. The molecule has 5 unspecified atom stereocenters. The van der Waals surface area contributed by atoms with E-state index in [0.717, 1.165) is 6.07 Å². The molecule has 1 aromatic rings. The molecular formula is C16H18O7. The van der Waals surface area contributed by atoms with E-state index < -0.39 is 41.7 Å². The maximum Gasteiger partial charge on any atom is 0.172 e. The largest absolute Gasteiger partial charge is 0.508 e. The molecule has 0 amide bonds. The molecule has 0 saturated heterocycles. The van der Waals surface area contributed by atoms with Crippen molar-refractivity contribution in [3.05, 3.63) is 17.7 Å². The molecule has 0 radical (unpaired) electrons. The van der Waals surface area contributed by atoms with E-state index in [-0.39, 0.29) is 30.1 Å². The highest BCUT2D eigenvalue weighted by Gasteiger charge is 2.47. The lowest BCUT2D eigenvalue weighted by Gasteiger charge is -2.40. The second-order valence-corrected chi connectivity index (χ2v) is 6.22. The van der Waals surface area contributed by atoms with Gasteiger partial charge in [0.25, 0.3) is 0 Å². The second-order valence-electron chi connectivity index (χ2n) is 6.22. The summed E-state index contributed by atoms with van der Waals surface area (Å²) in [6.45, 7) is 1.59. The molecule has 1 fully saturated rings. The van der Waals surface area contributed by atoms with Gasteiger partial charge in [-0.25, -0.2) is 0 Å². The van der Waals surface area contributed by atoms with Crippen LogP contribution in [0, 0.1) is 11.8 Å². The van der Waals surface area contributed by atoms with Crippen molar-refractivity contribution in [3.8, 4) is 17.2 Å². The van der Waals surface area contributed by atoms with Gasteiger partial charge >= 0.3 is 0 Å². The number of carbonyl (C=O) groups excluding carboxylic acids is 2. The van der Waals surface area contributed by atoms with Crippen LogP contribution >= 0.6 is 0 Å². The molecule has 5 atom stereocenters. The summed E-state index contributed by atoms with van der Waals surface area (Å²) in [5, 5.41) is 39.3. The van der Waals surface area contributed by atoms with Gasteiger partial charge in [0.1, 0.15) is 23.4 Å². The van der Waals surface area contributed by atoms with Crippen LogP contribution in [-0.2, 0) is 16.0 Å². The summed E-state index contributed by atoms with van der Waals surface area (Å²) in [5.41, 5.74) is 0.368. The summed E-state index contributed by atoms with van der Waals surface area (Å²) < 4.78 is 5.69. The highest BCUT2D eigenvalue weighted by Crippen LogP contribution is 2.41. The number of aliphatic hydroxyl groups is 2. The highest BCUT2D eigenvalue weighted by molar-refractivity contribution is 6.08. The highest BCUT2D eigenvalue weighted by atomic mass is 16.5. The summed E-state index contributed by atoms with van der Waals surface area (Å²) in [6.07, 6.45) is -3.45. The van der Waals surface area contributed by atoms with E-state index >= 15 is 0 Å². The Bertz CT molecular complexity index is 669. The van der Waals surface area contributed by atoms with Gasteiger partial charge in [0.2, 0.25) is 0 Å². The third kappa shape index (κ3) is 2.55. The van der Waals surface area contributed by atoms with E-state index in [0.29, 0.717) is 5.56 Å². The van der Waals surface area contributed by atoms with Crippen LogP contribution in [-0.4, -0.2) is 50.3 Å². The minimum absolute atomic E-state index is 0.0735. The fourth-order valence-electron chi connectivity index (χ4n) is 3.39. The van der Waals surface area contributed by atoms with Crippen molar-refractivity contribution in [2.75, 3.05) is 0 Å². The number of phenols is 2. The van der Waals surface area contributed by atoms with Crippen LogP contribution in [0.3, 0.4) is 0 Å². The van der Waals surface area contributed by atoms with Gasteiger partial charge in [-0.1, -0.05) is 6.92 Å². The van der Waals surface area contributed by atoms with Gasteiger partial charge in [0.15, 0.2) is 17.7 Å². The number of Topliss-reactive ketones (excluding diaryl/α,β-unsaturated/α-hetero) is 2. The van der Waals surface area contributed by atoms with Gasteiger partial charge in [-0.3, -0.25) is 9.59 Å². The van der Waals surface area contributed by atoms with E-state index in [1.54, 1.807) is 6.92 Å². The van der Waals surface area contributed by atoms with Gasteiger partial charge in [0, 0.05) is 42.4 Å². The minimum atomic E-state index is -1.61. The SMILES string of the molecule is CC1C(=O)C(O)C(=O)CC1C1Oc2cc(O)cc(O)c2CC1O. The summed E-state index contributed by atoms with van der Waals surface area (Å²) in [7, 11) is 0. The van der Waals surface area contributed by atoms with Crippen LogP contribution in [0.4, 0.5) is 0 Å². The third-order valence-electron chi connectivity index (χ3n) is 4.75. The first-order chi connectivity index (χ1) is 10.8. The van der Waals surface area contributed by atoms with Crippen molar-refractivity contribution in [1.82, 2.24) is 0 Å². The van der Waals surface area contributed by atoms with Crippen molar-refractivity contribution in [2.45, 2.75) is 38.1 Å². The Morgan fingerprint density at radius 1 is 1.13 bits per heavy atom. The van der Waals surface area contributed by atoms with Crippen molar-refractivity contribution < 1.29 is 34.8 Å². The van der Waals surface area contributed by atoms with Gasteiger partial charge in [-0.15, -0.1) is 0 Å². The average Bonchev–Trinajstić information content (AvgIpc) is 2.49. The van der Waals surface area contributed by atoms with E-state index in [1.807, 2.05) is 0 Å². The molecule has 1 heterocycles. The van der Waals surface area contributed by atoms with Gasteiger partial charge in [0.05, 0.1) is 6.10 Å². The fourth-order valence-corrected chi connectivity index (χ4v) is 3.39. The van der Waals surface area contributed by atoms with E-state index in [2.05, 4.69) is 0 Å². The number of aromatic hydroxyl groups is 2. The van der Waals surface area contributed by atoms with E-state index in [1.165, 1.54) is 6.07 Å². The topological polar surface area (TPSA) is 124 Å². The van der Waals surface area contributed by atoms with Gasteiger partial charge in [-0.2, -0.15) is 0 Å². The molecule has 23 heavy (non-hydrogen) atoms. The van der Waals surface area contributed by atoms with Crippen LogP contribution in [0.2, 0.25) is 0 Å². The van der Waals surface area contributed by atoms with E-state index in [9.17, 15) is 30.0 Å². The van der Waals surface area contributed by atoms with Gasteiger partial charge < -0.3 is 25.2 Å². The first kappa shape index (κ1) is 15.8. The Labute approximate surface area is 132 Å². The van der Waals surface area contributed by atoms with Crippen molar-refractivity contribution in [3.63, 3.8) is 0 Å². The summed E-state index contributed by atoms with van der Waals surface area (Å²) in [5.74, 6) is -2.53. The zero-order chi connectivity index (χ0) is 16.9. The monoisotopic (exact) mass is 322 g/mol. The van der Waals surface area contributed by atoms with Crippen LogP contribution in [0.15, 0.2) is 12.1 Å². The van der Waals surface area contributed by atoms with E-state index in [4.69, 9.17) is 4.74 Å². The lowest BCUT2D eigenvalue weighted by Crippen LogP contribution is -2.53. The quantitative estimate of drug-likeness (QED) is 0.533. The molecule has 1 aliphatic heterocycles. The third-order valence-corrected chi connectivity index (χ3v) is 4.75. The second kappa shape index (κ2) is 5.50. The average molecular weight is 322 g/mol. The molecule has 1 aliphatic carbocycles. The maximum absolute atomic E-state index is 12.0. The molecule has 124 valence electrons. The molecule has 7 nitrogen and oxygen atoms in total. The molecule has 0 spiro atoms. The smallest absolute Gasteiger partial charge is 0.172 e. The molecule has 7 heteroatoms. The number of aliphatic hydroxyl groups excluding tert-OH is 2. The maximum atomic E-state index is 12.0. The van der Waals surface area contributed by atoms with Crippen molar-refractivity contribution in [1.29, 1.82) is 0 Å². The number of carbonyl (C=O) groups is 2. The molecule has 1 aromatic carbocycles. The number of fused-ring (bicyclic) bond motifs is 1. The van der Waals surface area contributed by atoms with Crippen LogP contribution < -0.4 is 4.74 Å². The summed E-state index contributed by atoms with van der Waals surface area (Å²) in [4.78, 5) is 23.7. The Morgan fingerprint density at radius 2 is 1.83 bits per heavy atom. The lowest BCUT2D eigenvalue weighted by molar-refractivity contribution is -0.151. The van der Waals surface area contributed by atoms with Crippen LogP contribution in [0.25, 0.3) is 0 Å². The zero-order valence-electron chi connectivity index (χ0n) is 12.5. The Balaban J connectivity index is 1.92. The number of hydrogen-bond acceptors (Lipinski definition) is 7. The first-order valence-corrected chi connectivity index (χ1v) is 7.43. The Morgan fingerprint density at radius 3 is 2.52 bits per heavy atom. The molecule has 2 aliphatic rings. The standard InChI is InChI=1S/C16H18O7/c1-6-8(4-11(19)15(22)14(6)21)16-12(20)5-9-10(18)2-7(17)3-13(9)23-16/h2-3,6,8,12,15-18,20,22H,4-5H2,1H3. The summed E-state index contributed by atoms with van der Waals surface area (Å²) in [6, 6.07) is 2.47.